The van der Waals surface area contributed by atoms with Crippen LogP contribution in [-0.2, 0) is 14.3 Å². The van der Waals surface area contributed by atoms with Gasteiger partial charge in [0.15, 0.2) is 0 Å². The quantitative estimate of drug-likeness (QED) is 0.0253. The van der Waals surface area contributed by atoms with Gasteiger partial charge in [-0.1, -0.05) is 173 Å². The van der Waals surface area contributed by atoms with Crippen molar-refractivity contribution in [1.82, 2.24) is 5.32 Å². The number of unbranched alkanes of at least 4 members (excludes halogenated alkanes) is 22. The van der Waals surface area contributed by atoms with Crippen molar-refractivity contribution < 1.29 is 24.5 Å². The molecule has 0 aromatic heterocycles. The Morgan fingerprint density at radius 2 is 1.00 bits per heavy atom. The molecular formula is C46H85NO5. The Morgan fingerprint density at radius 1 is 0.558 bits per heavy atom. The lowest BCUT2D eigenvalue weighted by atomic mass is 10.0. The van der Waals surface area contributed by atoms with Gasteiger partial charge < -0.3 is 20.3 Å². The zero-order valence-corrected chi connectivity index (χ0v) is 34.4. The lowest BCUT2D eigenvalue weighted by molar-refractivity contribution is -0.151. The summed E-state index contributed by atoms with van der Waals surface area (Å²) in [5.41, 5.74) is 0. The molecule has 6 heteroatoms. The van der Waals surface area contributed by atoms with Gasteiger partial charge in [-0.05, 0) is 70.6 Å². The first-order valence-corrected chi connectivity index (χ1v) is 22.2. The minimum atomic E-state index is -0.790. The maximum Gasteiger partial charge on any atom is 0.306 e. The molecule has 0 aliphatic heterocycles. The molecule has 0 bridgehead atoms. The summed E-state index contributed by atoms with van der Waals surface area (Å²) in [7, 11) is 0. The highest BCUT2D eigenvalue weighted by molar-refractivity contribution is 5.77. The van der Waals surface area contributed by atoms with Gasteiger partial charge in [0, 0.05) is 6.42 Å². The number of allylic oxidation sites excluding steroid dienone is 6. The zero-order chi connectivity index (χ0) is 38.2. The van der Waals surface area contributed by atoms with Crippen LogP contribution in [0.1, 0.15) is 220 Å². The third-order valence-electron chi connectivity index (χ3n) is 9.97. The van der Waals surface area contributed by atoms with Crippen LogP contribution in [0.4, 0.5) is 0 Å². The summed E-state index contributed by atoms with van der Waals surface area (Å²) in [5, 5.41) is 23.5. The van der Waals surface area contributed by atoms with Crippen molar-refractivity contribution in [2.24, 2.45) is 0 Å². The molecule has 0 saturated carbocycles. The number of aliphatic hydroxyl groups is 2. The van der Waals surface area contributed by atoms with Crippen molar-refractivity contribution in [2.45, 2.75) is 238 Å². The molecule has 0 aliphatic rings. The van der Waals surface area contributed by atoms with E-state index in [0.717, 1.165) is 83.5 Å². The second-order valence-electron chi connectivity index (χ2n) is 15.1. The predicted octanol–water partition coefficient (Wildman–Crippen LogP) is 12.6. The Bertz CT molecular complexity index is 869. The summed E-state index contributed by atoms with van der Waals surface area (Å²) < 4.78 is 5.88. The maximum absolute atomic E-state index is 13.1. The van der Waals surface area contributed by atoms with Crippen molar-refractivity contribution in [2.75, 3.05) is 6.61 Å². The number of rotatable bonds is 39. The molecule has 0 saturated heterocycles. The Hall–Kier alpha value is -1.92. The number of amides is 1. The van der Waals surface area contributed by atoms with E-state index in [0.29, 0.717) is 19.3 Å². The smallest absolute Gasteiger partial charge is 0.306 e. The van der Waals surface area contributed by atoms with Crippen molar-refractivity contribution in [3.63, 3.8) is 0 Å². The van der Waals surface area contributed by atoms with Gasteiger partial charge in [-0.25, -0.2) is 0 Å². The van der Waals surface area contributed by atoms with E-state index in [1.54, 1.807) is 0 Å². The van der Waals surface area contributed by atoms with Crippen molar-refractivity contribution in [3.8, 4) is 0 Å². The molecule has 0 heterocycles. The van der Waals surface area contributed by atoms with Gasteiger partial charge in [-0.3, -0.25) is 9.59 Å². The van der Waals surface area contributed by atoms with Gasteiger partial charge >= 0.3 is 5.97 Å². The fourth-order valence-corrected chi connectivity index (χ4v) is 6.52. The Morgan fingerprint density at radius 3 is 1.58 bits per heavy atom. The topological polar surface area (TPSA) is 95.9 Å². The van der Waals surface area contributed by atoms with Crippen LogP contribution in [0, 0.1) is 0 Å². The summed E-state index contributed by atoms with van der Waals surface area (Å²) in [5.74, 6) is -0.506. The van der Waals surface area contributed by atoms with E-state index in [1.807, 2.05) is 0 Å². The number of nitrogens with one attached hydrogen (secondary N) is 1. The van der Waals surface area contributed by atoms with Crippen LogP contribution < -0.4 is 5.32 Å². The number of ether oxygens (including phenoxy) is 1. The van der Waals surface area contributed by atoms with Crippen LogP contribution in [0.25, 0.3) is 0 Å². The molecule has 0 rings (SSSR count). The molecule has 304 valence electrons. The van der Waals surface area contributed by atoms with Crippen LogP contribution in [0.15, 0.2) is 36.5 Å². The van der Waals surface area contributed by atoms with Crippen LogP contribution in [0.2, 0.25) is 0 Å². The molecule has 3 N–H and O–H groups in total. The standard InChI is InChI=1S/C46H85NO5/c1-4-7-10-13-16-19-21-22-24-26-28-31-34-37-42(52-46(51)39-36-33-30-27-23-20-17-14-11-8-5-2)40-45(50)47-43(41-48)44(49)38-35-32-29-25-18-15-12-9-6-3/h14,16-17,19,21-22,42-44,48-49H,4-13,15,18,20,23-41H2,1-3H3,(H,47,50)/b17-14-,19-16+,22-21+. The molecule has 3 atom stereocenters. The van der Waals surface area contributed by atoms with Gasteiger partial charge in [-0.2, -0.15) is 0 Å². The molecule has 0 fully saturated rings. The average molecular weight is 732 g/mol. The Labute approximate surface area is 322 Å². The lowest BCUT2D eigenvalue weighted by Gasteiger charge is -2.24. The highest BCUT2D eigenvalue weighted by atomic mass is 16.5. The van der Waals surface area contributed by atoms with E-state index in [4.69, 9.17) is 4.74 Å². The van der Waals surface area contributed by atoms with Gasteiger partial charge in [0.1, 0.15) is 6.10 Å². The molecule has 0 spiro atoms. The SMILES string of the molecule is CCCC/C=C\CCCCCCCC(=O)OC(CCCCCC/C=C/C=C/CCCCC)CC(=O)NC(CO)C(O)CCCCCCCCCCC. The minimum absolute atomic E-state index is 0.0616. The third kappa shape index (κ3) is 35.1. The number of carbonyl (C=O) groups is 2. The van der Waals surface area contributed by atoms with E-state index in [1.165, 1.54) is 89.9 Å². The summed E-state index contributed by atoms with van der Waals surface area (Å²) in [6.45, 7) is 6.37. The normalized spacial score (nSPS) is 13.7. The molecule has 0 aromatic carbocycles. The summed E-state index contributed by atoms with van der Waals surface area (Å²) in [6, 6.07) is -0.705. The van der Waals surface area contributed by atoms with Gasteiger partial charge in [-0.15, -0.1) is 0 Å². The highest BCUT2D eigenvalue weighted by Gasteiger charge is 2.24. The molecule has 1 amide bonds. The van der Waals surface area contributed by atoms with Crippen LogP contribution in [0.3, 0.4) is 0 Å². The van der Waals surface area contributed by atoms with Crippen molar-refractivity contribution in [1.29, 1.82) is 0 Å². The largest absolute Gasteiger partial charge is 0.462 e. The molecule has 6 nitrogen and oxygen atoms in total. The molecule has 52 heavy (non-hydrogen) atoms. The first-order valence-electron chi connectivity index (χ1n) is 22.2. The zero-order valence-electron chi connectivity index (χ0n) is 34.4. The van der Waals surface area contributed by atoms with E-state index < -0.39 is 18.2 Å². The molecule has 0 aliphatic carbocycles. The second-order valence-corrected chi connectivity index (χ2v) is 15.1. The Balaban J connectivity index is 4.66. The molecule has 0 radical (unpaired) electrons. The summed E-state index contributed by atoms with van der Waals surface area (Å²) in [6.07, 6.45) is 44.9. The number of hydrogen-bond acceptors (Lipinski definition) is 5. The lowest BCUT2D eigenvalue weighted by Crippen LogP contribution is -2.46. The number of carbonyl (C=O) groups excluding carboxylic acids is 2. The van der Waals surface area contributed by atoms with Gasteiger partial charge in [0.05, 0.1) is 25.2 Å². The van der Waals surface area contributed by atoms with E-state index >= 15 is 0 Å². The average Bonchev–Trinajstić information content (AvgIpc) is 3.13. The first kappa shape index (κ1) is 50.1. The molecule has 3 unspecified atom stereocenters. The number of esters is 1. The Kier molecular flexibility index (Phi) is 38.8. The monoisotopic (exact) mass is 732 g/mol. The minimum Gasteiger partial charge on any atom is -0.462 e. The van der Waals surface area contributed by atoms with Crippen LogP contribution >= 0.6 is 0 Å². The van der Waals surface area contributed by atoms with Crippen molar-refractivity contribution in [3.05, 3.63) is 36.5 Å². The number of aliphatic hydroxyl groups excluding tert-OH is 2. The van der Waals surface area contributed by atoms with Crippen molar-refractivity contribution >= 4 is 11.9 Å². The molecular weight excluding hydrogens is 647 g/mol. The summed E-state index contributed by atoms with van der Waals surface area (Å²) in [4.78, 5) is 25.9. The fourth-order valence-electron chi connectivity index (χ4n) is 6.52. The van der Waals surface area contributed by atoms with Crippen LogP contribution in [-0.4, -0.2) is 46.9 Å². The summed E-state index contributed by atoms with van der Waals surface area (Å²) >= 11 is 0. The molecule has 0 aromatic rings. The fraction of sp³-hybridized carbons (Fsp3) is 0.826. The predicted molar refractivity (Wildman–Crippen MR) is 222 cm³/mol. The maximum atomic E-state index is 13.1. The van der Waals surface area contributed by atoms with Gasteiger partial charge in [0.25, 0.3) is 0 Å². The highest BCUT2D eigenvalue weighted by Crippen LogP contribution is 2.17. The second kappa shape index (κ2) is 40.3. The first-order chi connectivity index (χ1) is 25.5. The number of hydrogen-bond donors (Lipinski definition) is 3. The van der Waals surface area contributed by atoms with E-state index in [2.05, 4.69) is 62.5 Å². The van der Waals surface area contributed by atoms with Crippen LogP contribution in [0.5, 0.6) is 0 Å². The van der Waals surface area contributed by atoms with E-state index in [-0.39, 0.29) is 24.9 Å². The third-order valence-corrected chi connectivity index (χ3v) is 9.97. The van der Waals surface area contributed by atoms with Gasteiger partial charge in [0.2, 0.25) is 5.91 Å². The van der Waals surface area contributed by atoms with E-state index in [9.17, 15) is 19.8 Å².